The molecule has 4 heteroatoms. The maximum Gasteiger partial charge on any atom is 0.211 e. The van der Waals surface area contributed by atoms with Crippen LogP contribution in [0.25, 0.3) is 10.9 Å². The number of anilines is 1. The van der Waals surface area contributed by atoms with Crippen molar-refractivity contribution in [2.75, 3.05) is 5.32 Å². The number of carbonyl (C=O) groups excluding carboxylic acids is 1. The van der Waals surface area contributed by atoms with Gasteiger partial charge in [-0.3, -0.25) is 9.78 Å². The summed E-state index contributed by atoms with van der Waals surface area (Å²) in [5.41, 5.74) is 1.68. The third-order valence-corrected chi connectivity index (χ3v) is 2.31. The van der Waals surface area contributed by atoms with Crippen LogP contribution in [0.3, 0.4) is 0 Å². The maximum absolute atomic E-state index is 10.2. The van der Waals surface area contributed by atoms with Gasteiger partial charge in [0.15, 0.2) is 0 Å². The Kier molecular flexibility index (Phi) is 2.45. The number of halogens is 1. The van der Waals surface area contributed by atoms with Crippen LogP contribution >= 0.6 is 15.9 Å². The number of hydrogen-bond acceptors (Lipinski definition) is 2. The predicted molar refractivity (Wildman–Crippen MR) is 59.1 cm³/mol. The third-order valence-electron chi connectivity index (χ3n) is 1.87. The maximum atomic E-state index is 10.2. The molecule has 0 atom stereocenters. The molecule has 0 radical (unpaired) electrons. The number of nitrogens with zero attached hydrogens (tertiary/aromatic N) is 1. The van der Waals surface area contributed by atoms with Crippen molar-refractivity contribution in [1.29, 1.82) is 0 Å². The van der Waals surface area contributed by atoms with Crippen LogP contribution in [0.2, 0.25) is 0 Å². The van der Waals surface area contributed by atoms with Gasteiger partial charge in [0.25, 0.3) is 0 Å². The fourth-order valence-electron chi connectivity index (χ4n) is 1.26. The first-order valence-corrected chi connectivity index (χ1v) is 4.84. The number of amides is 1. The van der Waals surface area contributed by atoms with Crippen molar-refractivity contribution in [3.05, 3.63) is 34.9 Å². The summed E-state index contributed by atoms with van der Waals surface area (Å²) in [6.45, 7) is 0. The van der Waals surface area contributed by atoms with Gasteiger partial charge in [0.05, 0.1) is 5.52 Å². The minimum absolute atomic E-state index is 0.659. The average Bonchev–Trinajstić information content (AvgIpc) is 2.17. The molecular formula is C10H7BrN2O. The molecule has 0 aliphatic rings. The number of fused-ring (bicyclic) bond motifs is 1. The lowest BCUT2D eigenvalue weighted by Gasteiger charge is -2.01. The first-order chi connectivity index (χ1) is 6.79. The molecule has 0 aliphatic carbocycles. The van der Waals surface area contributed by atoms with Gasteiger partial charge >= 0.3 is 0 Å². The monoisotopic (exact) mass is 250 g/mol. The molecule has 1 amide bonds. The standard InChI is InChI=1S/C10H7BrN2O/c11-8-3-7-4-9(13-6-14)1-2-10(7)12-5-8/h1-6H,(H,13,14). The number of carbonyl (C=O) groups is 1. The molecule has 0 unspecified atom stereocenters. The highest BCUT2D eigenvalue weighted by Gasteiger charge is 1.97. The fraction of sp³-hybridized carbons (Fsp3) is 0. The van der Waals surface area contributed by atoms with Crippen LogP contribution < -0.4 is 5.32 Å². The summed E-state index contributed by atoms with van der Waals surface area (Å²) in [6, 6.07) is 7.52. The first kappa shape index (κ1) is 9.15. The van der Waals surface area contributed by atoms with Crippen LogP contribution in [-0.4, -0.2) is 11.4 Å². The van der Waals surface area contributed by atoms with Crippen molar-refractivity contribution in [2.45, 2.75) is 0 Å². The van der Waals surface area contributed by atoms with Crippen LogP contribution in [0.4, 0.5) is 5.69 Å². The Morgan fingerprint density at radius 1 is 1.36 bits per heavy atom. The Balaban J connectivity index is 2.57. The van der Waals surface area contributed by atoms with Crippen LogP contribution in [0.1, 0.15) is 0 Å². The molecule has 1 aromatic carbocycles. The Bertz CT molecular complexity index is 485. The smallest absolute Gasteiger partial charge is 0.211 e. The molecule has 2 rings (SSSR count). The molecule has 14 heavy (non-hydrogen) atoms. The topological polar surface area (TPSA) is 42.0 Å². The van der Waals surface area contributed by atoms with Crippen molar-refractivity contribution >= 4 is 38.9 Å². The lowest BCUT2D eigenvalue weighted by Crippen LogP contribution is -1.93. The fourth-order valence-corrected chi connectivity index (χ4v) is 1.61. The molecule has 70 valence electrons. The molecule has 0 saturated carbocycles. The van der Waals surface area contributed by atoms with Crippen LogP contribution in [0, 0.1) is 0 Å². The van der Waals surface area contributed by atoms with E-state index in [4.69, 9.17) is 0 Å². The minimum atomic E-state index is 0.659. The van der Waals surface area contributed by atoms with Gasteiger partial charge < -0.3 is 5.32 Å². The summed E-state index contributed by atoms with van der Waals surface area (Å²) < 4.78 is 0.924. The molecule has 0 saturated heterocycles. The summed E-state index contributed by atoms with van der Waals surface area (Å²) >= 11 is 3.34. The van der Waals surface area contributed by atoms with Crippen molar-refractivity contribution in [2.24, 2.45) is 0 Å². The van der Waals surface area contributed by atoms with E-state index in [1.165, 1.54) is 0 Å². The van der Waals surface area contributed by atoms with Crippen molar-refractivity contribution < 1.29 is 4.79 Å². The lowest BCUT2D eigenvalue weighted by atomic mass is 10.2. The van der Waals surface area contributed by atoms with Crippen molar-refractivity contribution in [3.8, 4) is 0 Å². The van der Waals surface area contributed by atoms with Crippen molar-refractivity contribution in [1.82, 2.24) is 4.98 Å². The average molecular weight is 251 g/mol. The second-order valence-electron chi connectivity index (χ2n) is 2.82. The van der Waals surface area contributed by atoms with Gasteiger partial charge in [0.1, 0.15) is 0 Å². The third kappa shape index (κ3) is 1.75. The molecule has 0 fully saturated rings. The highest BCUT2D eigenvalue weighted by atomic mass is 79.9. The van der Waals surface area contributed by atoms with E-state index in [1.54, 1.807) is 6.20 Å². The molecule has 0 aliphatic heterocycles. The number of aromatic nitrogens is 1. The van der Waals surface area contributed by atoms with E-state index in [9.17, 15) is 4.79 Å². The zero-order valence-electron chi connectivity index (χ0n) is 7.20. The van der Waals surface area contributed by atoms with E-state index in [2.05, 4.69) is 26.2 Å². The zero-order chi connectivity index (χ0) is 9.97. The van der Waals surface area contributed by atoms with E-state index in [0.29, 0.717) is 6.41 Å². The summed E-state index contributed by atoms with van der Waals surface area (Å²) in [5.74, 6) is 0. The quantitative estimate of drug-likeness (QED) is 0.833. The Labute approximate surface area is 89.3 Å². The van der Waals surface area contributed by atoms with Crippen LogP contribution in [0.15, 0.2) is 34.9 Å². The Morgan fingerprint density at radius 3 is 3.00 bits per heavy atom. The summed E-state index contributed by atoms with van der Waals surface area (Å²) in [5, 5.41) is 3.59. The summed E-state index contributed by atoms with van der Waals surface area (Å²) in [4.78, 5) is 14.5. The number of rotatable bonds is 2. The largest absolute Gasteiger partial charge is 0.329 e. The first-order valence-electron chi connectivity index (χ1n) is 4.05. The summed E-state index contributed by atoms with van der Waals surface area (Å²) in [7, 11) is 0. The second-order valence-corrected chi connectivity index (χ2v) is 3.74. The van der Waals surface area contributed by atoms with Gasteiger partial charge in [-0.05, 0) is 40.2 Å². The second kappa shape index (κ2) is 3.75. The molecule has 1 N–H and O–H groups in total. The number of benzene rings is 1. The van der Waals surface area contributed by atoms with Crippen LogP contribution in [-0.2, 0) is 4.79 Å². The summed E-state index contributed by atoms with van der Waals surface area (Å²) in [6.07, 6.45) is 2.40. The van der Waals surface area contributed by atoms with Crippen molar-refractivity contribution in [3.63, 3.8) is 0 Å². The normalized spacial score (nSPS) is 10.1. The van der Waals surface area contributed by atoms with E-state index < -0.39 is 0 Å². The molecule has 0 bridgehead atoms. The molecule has 0 spiro atoms. The lowest BCUT2D eigenvalue weighted by molar-refractivity contribution is -0.105. The number of pyridine rings is 1. The molecule has 1 heterocycles. The van der Waals surface area contributed by atoms with Gasteiger partial charge in [0.2, 0.25) is 6.41 Å². The highest BCUT2D eigenvalue weighted by molar-refractivity contribution is 9.10. The molecular weight excluding hydrogens is 244 g/mol. The van der Waals surface area contributed by atoms with Gasteiger partial charge in [0, 0.05) is 21.7 Å². The zero-order valence-corrected chi connectivity index (χ0v) is 8.78. The molecule has 3 nitrogen and oxygen atoms in total. The molecule has 2 aromatic rings. The Hall–Kier alpha value is -1.42. The minimum Gasteiger partial charge on any atom is -0.329 e. The predicted octanol–water partition coefficient (Wildman–Crippen LogP) is 2.57. The Morgan fingerprint density at radius 2 is 2.21 bits per heavy atom. The highest BCUT2D eigenvalue weighted by Crippen LogP contribution is 2.20. The van der Waals surface area contributed by atoms with Crippen LogP contribution in [0.5, 0.6) is 0 Å². The van der Waals surface area contributed by atoms with Gasteiger partial charge in [-0.25, -0.2) is 0 Å². The van der Waals surface area contributed by atoms with E-state index in [-0.39, 0.29) is 0 Å². The number of hydrogen-bond donors (Lipinski definition) is 1. The molecule has 1 aromatic heterocycles. The van der Waals surface area contributed by atoms with Gasteiger partial charge in [-0.1, -0.05) is 0 Å². The van der Waals surface area contributed by atoms with E-state index in [1.807, 2.05) is 24.3 Å². The van der Waals surface area contributed by atoms with E-state index >= 15 is 0 Å². The number of nitrogens with one attached hydrogen (secondary N) is 1. The van der Waals surface area contributed by atoms with Gasteiger partial charge in [-0.15, -0.1) is 0 Å². The van der Waals surface area contributed by atoms with Gasteiger partial charge in [-0.2, -0.15) is 0 Å². The van der Waals surface area contributed by atoms with E-state index in [0.717, 1.165) is 21.1 Å². The SMILES string of the molecule is O=CNc1ccc2ncc(Br)cc2c1.